The number of nitrogens with one attached hydrogen (secondary N) is 1. The summed E-state index contributed by atoms with van der Waals surface area (Å²) in [5, 5.41) is 0. The van der Waals surface area contributed by atoms with E-state index in [1.807, 2.05) is 13.8 Å². The molecule has 114 valence electrons. The minimum absolute atomic E-state index is 0.125. The zero-order valence-electron chi connectivity index (χ0n) is 12.3. The molecule has 0 bridgehead atoms. The first kappa shape index (κ1) is 15.8. The van der Waals surface area contributed by atoms with Gasteiger partial charge in [0.2, 0.25) is 10.0 Å². The fourth-order valence-electron chi connectivity index (χ4n) is 2.00. The fraction of sp³-hybridized carbons (Fsp3) is 0.333. The molecule has 2 rings (SSSR count). The Labute approximate surface area is 125 Å². The lowest BCUT2D eigenvalue weighted by Gasteiger charge is -2.13. The topological polar surface area (TPSA) is 85.3 Å². The van der Waals surface area contributed by atoms with Gasteiger partial charge in [0.1, 0.15) is 11.5 Å². The maximum Gasteiger partial charge on any atom is 0.241 e. The Bertz CT molecular complexity index is 703. The molecule has 2 aromatic rings. The van der Waals surface area contributed by atoms with E-state index in [4.69, 9.17) is 10.2 Å². The first-order valence-electron chi connectivity index (χ1n) is 6.74. The van der Waals surface area contributed by atoms with E-state index in [1.54, 1.807) is 43.3 Å². The monoisotopic (exact) mass is 308 g/mol. The molecule has 1 heterocycles. The molecule has 0 saturated heterocycles. The van der Waals surface area contributed by atoms with Gasteiger partial charge in [-0.1, -0.05) is 12.1 Å². The summed E-state index contributed by atoms with van der Waals surface area (Å²) in [6.07, 6.45) is 0. The van der Waals surface area contributed by atoms with Crippen molar-refractivity contribution in [2.45, 2.75) is 37.8 Å². The molecule has 0 saturated carbocycles. The molecule has 5 nitrogen and oxygen atoms in total. The predicted molar refractivity (Wildman–Crippen MR) is 81.2 cm³/mol. The molecule has 0 aliphatic carbocycles. The van der Waals surface area contributed by atoms with Crippen LogP contribution in [-0.2, 0) is 10.0 Å². The maximum atomic E-state index is 12.3. The highest BCUT2D eigenvalue weighted by Crippen LogP contribution is 2.20. The third kappa shape index (κ3) is 3.72. The smallest absolute Gasteiger partial charge is 0.241 e. The molecule has 0 aliphatic heterocycles. The van der Waals surface area contributed by atoms with E-state index in [0.717, 1.165) is 11.3 Å². The van der Waals surface area contributed by atoms with Gasteiger partial charge in [-0.2, -0.15) is 0 Å². The second-order valence-electron chi connectivity index (χ2n) is 5.15. The molecule has 2 unspecified atom stereocenters. The number of benzene rings is 1. The van der Waals surface area contributed by atoms with Crippen molar-refractivity contribution in [3.63, 3.8) is 0 Å². The summed E-state index contributed by atoms with van der Waals surface area (Å²) in [5.74, 6) is 1.33. The van der Waals surface area contributed by atoms with Crippen LogP contribution >= 0.6 is 0 Å². The predicted octanol–water partition coefficient (Wildman–Crippen LogP) is 2.65. The summed E-state index contributed by atoms with van der Waals surface area (Å²) in [5.41, 5.74) is 6.65. The van der Waals surface area contributed by atoms with Gasteiger partial charge in [0, 0.05) is 6.04 Å². The molecule has 0 amide bonds. The van der Waals surface area contributed by atoms with Crippen LogP contribution in [-0.4, -0.2) is 8.42 Å². The van der Waals surface area contributed by atoms with Gasteiger partial charge in [0.05, 0.1) is 10.9 Å². The van der Waals surface area contributed by atoms with E-state index in [2.05, 4.69) is 4.72 Å². The van der Waals surface area contributed by atoms with Gasteiger partial charge in [-0.25, -0.2) is 13.1 Å². The van der Waals surface area contributed by atoms with Gasteiger partial charge in [-0.3, -0.25) is 0 Å². The van der Waals surface area contributed by atoms with Crippen LogP contribution in [0.1, 0.15) is 43.0 Å². The first-order valence-corrected chi connectivity index (χ1v) is 8.22. The SMILES string of the molecule is Cc1ccc(C(C)NS(=O)(=O)c2ccc(C(C)N)cc2)o1. The molecule has 0 spiro atoms. The van der Waals surface area contributed by atoms with Crippen LogP contribution in [0, 0.1) is 6.92 Å². The molecule has 21 heavy (non-hydrogen) atoms. The van der Waals surface area contributed by atoms with E-state index < -0.39 is 16.1 Å². The van der Waals surface area contributed by atoms with Gasteiger partial charge in [-0.15, -0.1) is 0 Å². The Morgan fingerprint density at radius 2 is 1.71 bits per heavy atom. The number of furan rings is 1. The highest BCUT2D eigenvalue weighted by molar-refractivity contribution is 7.89. The largest absolute Gasteiger partial charge is 0.465 e. The lowest BCUT2D eigenvalue weighted by atomic mass is 10.1. The number of sulfonamides is 1. The third-order valence-electron chi connectivity index (χ3n) is 3.24. The molecule has 1 aromatic carbocycles. The molecule has 1 aromatic heterocycles. The highest BCUT2D eigenvalue weighted by Gasteiger charge is 2.20. The Morgan fingerprint density at radius 3 is 2.19 bits per heavy atom. The standard InChI is InChI=1S/C15H20N2O3S/c1-10-4-9-15(20-10)12(3)17-21(18,19)14-7-5-13(6-8-14)11(2)16/h4-9,11-12,17H,16H2,1-3H3. The Balaban J connectivity index is 2.18. The average molecular weight is 308 g/mol. The Morgan fingerprint density at radius 1 is 1.10 bits per heavy atom. The molecule has 6 heteroatoms. The van der Waals surface area contributed by atoms with Crippen LogP contribution in [0.4, 0.5) is 0 Å². The number of hydrogen-bond acceptors (Lipinski definition) is 4. The third-order valence-corrected chi connectivity index (χ3v) is 4.79. The zero-order valence-corrected chi connectivity index (χ0v) is 13.1. The summed E-state index contributed by atoms with van der Waals surface area (Å²) < 4.78 is 32.7. The molecule has 3 N–H and O–H groups in total. The lowest BCUT2D eigenvalue weighted by Crippen LogP contribution is -2.26. The summed E-state index contributed by atoms with van der Waals surface area (Å²) in [6, 6.07) is 9.57. The van der Waals surface area contributed by atoms with Crippen molar-refractivity contribution in [2.24, 2.45) is 5.73 Å². The number of aryl methyl sites for hydroxylation is 1. The summed E-state index contributed by atoms with van der Waals surface area (Å²) >= 11 is 0. The van der Waals surface area contributed by atoms with E-state index >= 15 is 0 Å². The number of nitrogens with two attached hydrogens (primary N) is 1. The number of hydrogen-bond donors (Lipinski definition) is 2. The van der Waals surface area contributed by atoms with Gasteiger partial charge >= 0.3 is 0 Å². The van der Waals surface area contributed by atoms with Gasteiger partial charge in [0.15, 0.2) is 0 Å². The van der Waals surface area contributed by atoms with Crippen molar-refractivity contribution < 1.29 is 12.8 Å². The first-order chi connectivity index (χ1) is 9.79. The van der Waals surface area contributed by atoms with Gasteiger partial charge in [0.25, 0.3) is 0 Å². The molecule has 2 atom stereocenters. The molecular formula is C15H20N2O3S. The summed E-state index contributed by atoms with van der Waals surface area (Å²) in [4.78, 5) is 0.210. The number of rotatable bonds is 5. The van der Waals surface area contributed by atoms with Crippen molar-refractivity contribution in [2.75, 3.05) is 0 Å². The molecule has 0 aliphatic rings. The fourth-order valence-corrected chi connectivity index (χ4v) is 3.21. The van der Waals surface area contributed by atoms with Crippen LogP contribution in [0.2, 0.25) is 0 Å². The van der Waals surface area contributed by atoms with Crippen molar-refractivity contribution in [3.8, 4) is 0 Å². The van der Waals surface area contributed by atoms with Gasteiger partial charge < -0.3 is 10.2 Å². The van der Waals surface area contributed by atoms with Crippen LogP contribution in [0.3, 0.4) is 0 Å². The summed E-state index contributed by atoms with van der Waals surface area (Å²) in [6.45, 7) is 5.41. The Hall–Kier alpha value is -1.63. The van der Waals surface area contributed by atoms with Gasteiger partial charge in [-0.05, 0) is 50.6 Å². The van der Waals surface area contributed by atoms with E-state index in [-0.39, 0.29) is 10.9 Å². The van der Waals surface area contributed by atoms with E-state index in [0.29, 0.717) is 5.76 Å². The van der Waals surface area contributed by atoms with E-state index in [9.17, 15) is 8.42 Å². The highest BCUT2D eigenvalue weighted by atomic mass is 32.2. The van der Waals surface area contributed by atoms with Crippen LogP contribution in [0.5, 0.6) is 0 Å². The average Bonchev–Trinajstić information content (AvgIpc) is 2.85. The van der Waals surface area contributed by atoms with Crippen molar-refractivity contribution in [3.05, 3.63) is 53.5 Å². The van der Waals surface area contributed by atoms with Crippen LogP contribution < -0.4 is 10.5 Å². The molecule has 0 fully saturated rings. The second kappa shape index (κ2) is 6.01. The zero-order chi connectivity index (χ0) is 15.6. The minimum Gasteiger partial charge on any atom is -0.465 e. The van der Waals surface area contributed by atoms with Crippen molar-refractivity contribution in [1.29, 1.82) is 0 Å². The normalized spacial score (nSPS) is 14.9. The second-order valence-corrected chi connectivity index (χ2v) is 6.86. The van der Waals surface area contributed by atoms with Crippen molar-refractivity contribution >= 4 is 10.0 Å². The minimum atomic E-state index is -3.59. The Kier molecular flexibility index (Phi) is 4.51. The van der Waals surface area contributed by atoms with Crippen LogP contribution in [0.15, 0.2) is 45.7 Å². The van der Waals surface area contributed by atoms with E-state index in [1.165, 1.54) is 0 Å². The quantitative estimate of drug-likeness (QED) is 0.889. The molecule has 0 radical (unpaired) electrons. The van der Waals surface area contributed by atoms with Crippen LogP contribution in [0.25, 0.3) is 0 Å². The maximum absolute atomic E-state index is 12.3. The summed E-state index contributed by atoms with van der Waals surface area (Å²) in [7, 11) is -3.59. The molecular weight excluding hydrogens is 288 g/mol. The lowest BCUT2D eigenvalue weighted by molar-refractivity contribution is 0.441. The van der Waals surface area contributed by atoms with Crippen molar-refractivity contribution in [1.82, 2.24) is 4.72 Å².